The highest BCUT2D eigenvalue weighted by atomic mass is 35.5. The van der Waals surface area contributed by atoms with Gasteiger partial charge in [0.2, 0.25) is 0 Å². The Labute approximate surface area is 143 Å². The molecule has 1 amide bonds. The third-order valence-electron chi connectivity index (χ3n) is 2.95. The van der Waals surface area contributed by atoms with E-state index in [0.29, 0.717) is 10.7 Å². The first kappa shape index (κ1) is 17.7. The number of para-hydroxylation sites is 1. The standard InChI is InChI=1S/C17H15ClFNO4/c1-11(17(22)20-13-6-4-5-12(18)9-13)24-16(21)10-23-15-8-3-2-7-14(15)19/h2-9,11H,10H2,1H3,(H,20,22)/t11-/m0/s1. The summed E-state index contributed by atoms with van der Waals surface area (Å²) in [5.74, 6) is -1.95. The van der Waals surface area contributed by atoms with Crippen molar-refractivity contribution in [2.45, 2.75) is 13.0 Å². The number of carbonyl (C=O) groups is 2. The lowest BCUT2D eigenvalue weighted by molar-refractivity contribution is -0.155. The first-order valence-electron chi connectivity index (χ1n) is 7.09. The number of benzene rings is 2. The predicted molar refractivity (Wildman–Crippen MR) is 87.5 cm³/mol. The zero-order chi connectivity index (χ0) is 17.5. The molecule has 5 nitrogen and oxygen atoms in total. The Kier molecular flexibility index (Phi) is 6.14. The van der Waals surface area contributed by atoms with Gasteiger partial charge in [-0.15, -0.1) is 0 Å². The number of ether oxygens (including phenoxy) is 2. The molecule has 0 aliphatic rings. The summed E-state index contributed by atoms with van der Waals surface area (Å²) >= 11 is 5.82. The van der Waals surface area contributed by atoms with E-state index in [2.05, 4.69) is 5.32 Å². The number of rotatable bonds is 6. The number of amides is 1. The van der Waals surface area contributed by atoms with Crippen LogP contribution in [0.3, 0.4) is 0 Å². The van der Waals surface area contributed by atoms with Crippen molar-refractivity contribution in [2.75, 3.05) is 11.9 Å². The maximum absolute atomic E-state index is 13.4. The van der Waals surface area contributed by atoms with E-state index < -0.39 is 30.4 Å². The topological polar surface area (TPSA) is 64.6 Å². The van der Waals surface area contributed by atoms with Gasteiger partial charge in [-0.2, -0.15) is 0 Å². The molecule has 0 aliphatic heterocycles. The first-order chi connectivity index (χ1) is 11.5. The molecule has 2 rings (SSSR count). The second-order valence-corrected chi connectivity index (χ2v) is 5.29. The fraction of sp³-hybridized carbons (Fsp3) is 0.176. The van der Waals surface area contributed by atoms with E-state index in [-0.39, 0.29) is 5.75 Å². The van der Waals surface area contributed by atoms with Gasteiger partial charge in [0, 0.05) is 10.7 Å². The molecule has 0 heterocycles. The molecule has 126 valence electrons. The van der Waals surface area contributed by atoms with E-state index in [1.165, 1.54) is 25.1 Å². The normalized spacial score (nSPS) is 11.5. The van der Waals surface area contributed by atoms with E-state index >= 15 is 0 Å². The molecule has 1 N–H and O–H groups in total. The van der Waals surface area contributed by atoms with E-state index in [9.17, 15) is 14.0 Å². The summed E-state index contributed by atoms with van der Waals surface area (Å²) in [4.78, 5) is 23.6. The van der Waals surface area contributed by atoms with Crippen LogP contribution in [0.15, 0.2) is 48.5 Å². The number of halogens is 2. The summed E-state index contributed by atoms with van der Waals surface area (Å²) < 4.78 is 23.3. The SMILES string of the molecule is C[C@H](OC(=O)COc1ccccc1F)C(=O)Nc1cccc(Cl)c1. The second-order valence-electron chi connectivity index (χ2n) is 4.85. The van der Waals surface area contributed by atoms with Crippen LogP contribution in [-0.4, -0.2) is 24.6 Å². The summed E-state index contributed by atoms with van der Waals surface area (Å²) in [5, 5.41) is 3.04. The average Bonchev–Trinajstić information content (AvgIpc) is 2.54. The molecule has 0 radical (unpaired) electrons. The Balaban J connectivity index is 1.82. The summed E-state index contributed by atoms with van der Waals surface area (Å²) in [6.45, 7) is 0.913. The van der Waals surface area contributed by atoms with E-state index in [1.807, 2.05) is 0 Å². The highest BCUT2D eigenvalue weighted by Crippen LogP contribution is 2.16. The van der Waals surface area contributed by atoms with Crippen molar-refractivity contribution in [3.63, 3.8) is 0 Å². The molecule has 7 heteroatoms. The molecule has 0 fully saturated rings. The van der Waals surface area contributed by atoms with Crippen molar-refractivity contribution in [1.82, 2.24) is 0 Å². The van der Waals surface area contributed by atoms with E-state index in [0.717, 1.165) is 0 Å². The molecule has 2 aromatic carbocycles. The third kappa shape index (κ3) is 5.24. The van der Waals surface area contributed by atoms with Crippen LogP contribution in [0.4, 0.5) is 10.1 Å². The molecule has 0 aliphatic carbocycles. The van der Waals surface area contributed by atoms with Gasteiger partial charge in [0.1, 0.15) is 0 Å². The lowest BCUT2D eigenvalue weighted by Gasteiger charge is -2.14. The zero-order valence-corrected chi connectivity index (χ0v) is 13.5. The lowest BCUT2D eigenvalue weighted by Crippen LogP contribution is -2.31. The van der Waals surface area contributed by atoms with Crippen LogP contribution in [0.2, 0.25) is 5.02 Å². The Morgan fingerprint density at radius 1 is 1.21 bits per heavy atom. The molecule has 2 aromatic rings. The lowest BCUT2D eigenvalue weighted by atomic mass is 10.3. The number of carbonyl (C=O) groups excluding carboxylic acids is 2. The predicted octanol–water partition coefficient (Wildman–Crippen LogP) is 3.43. The quantitative estimate of drug-likeness (QED) is 0.810. The largest absolute Gasteiger partial charge is 0.479 e. The van der Waals surface area contributed by atoms with Crippen LogP contribution in [-0.2, 0) is 14.3 Å². The summed E-state index contributed by atoms with van der Waals surface area (Å²) in [6, 6.07) is 12.2. The van der Waals surface area contributed by atoms with Crippen LogP contribution in [0.1, 0.15) is 6.92 Å². The van der Waals surface area contributed by atoms with Gasteiger partial charge >= 0.3 is 5.97 Å². The molecule has 0 saturated carbocycles. The smallest absolute Gasteiger partial charge is 0.344 e. The van der Waals surface area contributed by atoms with Crippen LogP contribution in [0, 0.1) is 5.82 Å². The Morgan fingerprint density at radius 2 is 1.96 bits per heavy atom. The van der Waals surface area contributed by atoms with Crippen LogP contribution < -0.4 is 10.1 Å². The summed E-state index contributed by atoms with van der Waals surface area (Å²) in [5.41, 5.74) is 0.484. The maximum atomic E-state index is 13.4. The Morgan fingerprint density at radius 3 is 2.67 bits per heavy atom. The molecule has 0 saturated heterocycles. The van der Waals surface area contributed by atoms with Gasteiger partial charge in [0.25, 0.3) is 5.91 Å². The van der Waals surface area contributed by atoms with Crippen molar-refractivity contribution in [3.8, 4) is 5.75 Å². The molecule has 0 aromatic heterocycles. The van der Waals surface area contributed by atoms with Crippen molar-refractivity contribution in [1.29, 1.82) is 0 Å². The second kappa shape index (κ2) is 8.31. The van der Waals surface area contributed by atoms with E-state index in [1.54, 1.807) is 30.3 Å². The zero-order valence-electron chi connectivity index (χ0n) is 12.8. The van der Waals surface area contributed by atoms with Crippen LogP contribution >= 0.6 is 11.6 Å². The summed E-state index contributed by atoms with van der Waals surface area (Å²) in [7, 11) is 0. The van der Waals surface area contributed by atoms with Crippen LogP contribution in [0.5, 0.6) is 5.75 Å². The maximum Gasteiger partial charge on any atom is 0.344 e. The Hall–Kier alpha value is -2.60. The highest BCUT2D eigenvalue weighted by Gasteiger charge is 2.18. The molecular formula is C17H15ClFNO4. The molecule has 0 bridgehead atoms. The van der Waals surface area contributed by atoms with Crippen molar-refractivity contribution in [3.05, 3.63) is 59.4 Å². The molecule has 24 heavy (non-hydrogen) atoms. The Bertz CT molecular complexity index is 738. The number of esters is 1. The minimum Gasteiger partial charge on any atom is -0.479 e. The first-order valence-corrected chi connectivity index (χ1v) is 7.47. The molecule has 0 spiro atoms. The highest BCUT2D eigenvalue weighted by molar-refractivity contribution is 6.30. The number of hydrogen-bond acceptors (Lipinski definition) is 4. The minimum atomic E-state index is -1.04. The van der Waals surface area contributed by atoms with E-state index in [4.69, 9.17) is 21.1 Å². The van der Waals surface area contributed by atoms with Gasteiger partial charge in [-0.25, -0.2) is 9.18 Å². The number of hydrogen-bond donors (Lipinski definition) is 1. The fourth-order valence-electron chi connectivity index (χ4n) is 1.79. The number of anilines is 1. The summed E-state index contributed by atoms with van der Waals surface area (Å²) in [6.07, 6.45) is -1.04. The average molecular weight is 352 g/mol. The van der Waals surface area contributed by atoms with Gasteiger partial charge in [-0.1, -0.05) is 29.8 Å². The molecule has 1 atom stereocenters. The van der Waals surface area contributed by atoms with Crippen molar-refractivity contribution in [2.24, 2.45) is 0 Å². The third-order valence-corrected chi connectivity index (χ3v) is 3.19. The fourth-order valence-corrected chi connectivity index (χ4v) is 1.98. The van der Waals surface area contributed by atoms with Crippen LogP contribution in [0.25, 0.3) is 0 Å². The number of nitrogens with one attached hydrogen (secondary N) is 1. The van der Waals surface area contributed by atoms with Gasteiger partial charge in [0.05, 0.1) is 0 Å². The van der Waals surface area contributed by atoms with Gasteiger partial charge in [0.15, 0.2) is 24.3 Å². The molecule has 0 unspecified atom stereocenters. The van der Waals surface area contributed by atoms with Crippen molar-refractivity contribution < 1.29 is 23.5 Å². The van der Waals surface area contributed by atoms with Gasteiger partial charge in [-0.05, 0) is 37.3 Å². The minimum absolute atomic E-state index is 0.0644. The molecular weight excluding hydrogens is 337 g/mol. The van der Waals surface area contributed by atoms with Gasteiger partial charge in [-0.3, -0.25) is 4.79 Å². The van der Waals surface area contributed by atoms with Gasteiger partial charge < -0.3 is 14.8 Å². The van der Waals surface area contributed by atoms with Crippen molar-refractivity contribution >= 4 is 29.2 Å². The monoisotopic (exact) mass is 351 g/mol.